The molecular weight excluding hydrogens is 320 g/mol. The fourth-order valence-corrected chi connectivity index (χ4v) is 2.26. The van der Waals surface area contributed by atoms with Gasteiger partial charge in [-0.2, -0.15) is 0 Å². The van der Waals surface area contributed by atoms with E-state index >= 15 is 0 Å². The number of rotatable bonds is 5. The number of nitrogens with one attached hydrogen (secondary N) is 1. The van der Waals surface area contributed by atoms with Gasteiger partial charge >= 0.3 is 0 Å². The lowest BCUT2D eigenvalue weighted by molar-refractivity contribution is 0.416. The van der Waals surface area contributed by atoms with Crippen LogP contribution in [0.2, 0.25) is 0 Å². The molecule has 26 heavy (non-hydrogen) atoms. The first-order valence-corrected chi connectivity index (χ1v) is 8.32. The first-order valence-electron chi connectivity index (χ1n) is 8.32. The Labute approximate surface area is 155 Å². The Hall–Kier alpha value is -3.51. The van der Waals surface area contributed by atoms with Gasteiger partial charge < -0.3 is 10.1 Å². The van der Waals surface area contributed by atoms with E-state index in [1.165, 1.54) is 0 Å². The highest BCUT2D eigenvalue weighted by atomic mass is 16.5. The summed E-state index contributed by atoms with van der Waals surface area (Å²) >= 11 is 0. The van der Waals surface area contributed by atoms with Crippen LogP contribution in [0.4, 0.5) is 5.69 Å². The second-order valence-corrected chi connectivity index (χ2v) is 5.17. The van der Waals surface area contributed by atoms with Gasteiger partial charge in [0.15, 0.2) is 0 Å². The molecule has 0 atom stereocenters. The second-order valence-electron chi connectivity index (χ2n) is 5.17. The predicted octanol–water partition coefficient (Wildman–Crippen LogP) is 5.55. The third kappa shape index (κ3) is 5.85. The highest BCUT2D eigenvalue weighted by molar-refractivity contribution is 5.82. The Morgan fingerprint density at radius 1 is 0.962 bits per heavy atom. The molecule has 3 rings (SSSR count). The Balaban J connectivity index is 0.000000342. The molecule has 0 amide bonds. The van der Waals surface area contributed by atoms with Gasteiger partial charge in [-0.05, 0) is 43.3 Å². The summed E-state index contributed by atoms with van der Waals surface area (Å²) in [6, 6.07) is 22.4. The number of anilines is 1. The van der Waals surface area contributed by atoms with Gasteiger partial charge in [0.2, 0.25) is 0 Å². The summed E-state index contributed by atoms with van der Waals surface area (Å²) in [5.41, 5.74) is 3.25. The average Bonchev–Trinajstić information content (AvgIpc) is 2.73. The van der Waals surface area contributed by atoms with Gasteiger partial charge in [-0.15, -0.1) is 0 Å². The number of aromatic nitrogens is 1. The van der Waals surface area contributed by atoms with E-state index in [0.29, 0.717) is 0 Å². The SMILES string of the molecule is C/C=C\C=C/Nc1ccccc1-c1ccccc1OC.c1cccnc#1. The van der Waals surface area contributed by atoms with Crippen molar-refractivity contribution in [2.24, 2.45) is 0 Å². The van der Waals surface area contributed by atoms with E-state index in [4.69, 9.17) is 4.74 Å². The van der Waals surface area contributed by atoms with Crippen molar-refractivity contribution in [2.45, 2.75) is 6.92 Å². The molecule has 3 heteroatoms. The summed E-state index contributed by atoms with van der Waals surface area (Å²) in [5.74, 6) is 0.874. The minimum absolute atomic E-state index is 0.874. The zero-order valence-electron chi connectivity index (χ0n) is 15.0. The van der Waals surface area contributed by atoms with E-state index in [1.807, 2.05) is 61.7 Å². The number of hydrogen-bond acceptors (Lipinski definition) is 3. The molecule has 0 fully saturated rings. The van der Waals surface area contributed by atoms with Crippen molar-refractivity contribution >= 4 is 5.69 Å². The van der Waals surface area contributed by atoms with Crippen LogP contribution in [0, 0.1) is 12.3 Å². The van der Waals surface area contributed by atoms with Crippen molar-refractivity contribution in [1.82, 2.24) is 4.98 Å². The first kappa shape index (κ1) is 18.8. The largest absolute Gasteiger partial charge is 0.496 e. The summed E-state index contributed by atoms with van der Waals surface area (Å²) in [6.45, 7) is 1.99. The van der Waals surface area contributed by atoms with E-state index in [2.05, 4.69) is 40.8 Å². The Morgan fingerprint density at radius 2 is 1.73 bits per heavy atom. The summed E-state index contributed by atoms with van der Waals surface area (Å²) in [4.78, 5) is 3.60. The predicted molar refractivity (Wildman–Crippen MR) is 108 cm³/mol. The third-order valence-corrected chi connectivity index (χ3v) is 3.43. The number of allylic oxidation sites excluding steroid dienone is 3. The zero-order chi connectivity index (χ0) is 18.5. The maximum absolute atomic E-state index is 5.44. The number of para-hydroxylation sites is 2. The fourth-order valence-electron chi connectivity index (χ4n) is 2.26. The molecule has 0 saturated carbocycles. The van der Waals surface area contributed by atoms with Crippen molar-refractivity contribution in [3.05, 3.63) is 104 Å². The smallest absolute Gasteiger partial charge is 0.126 e. The van der Waals surface area contributed by atoms with E-state index < -0.39 is 0 Å². The van der Waals surface area contributed by atoms with E-state index in [-0.39, 0.29) is 0 Å². The second kappa shape index (κ2) is 11.1. The third-order valence-electron chi connectivity index (χ3n) is 3.43. The number of hydrogen-bond donors (Lipinski definition) is 1. The van der Waals surface area contributed by atoms with Crippen LogP contribution < -0.4 is 10.1 Å². The average molecular weight is 342 g/mol. The number of nitrogens with zero attached hydrogens (tertiary/aromatic N) is 1. The number of benzene rings is 2. The molecular formula is C23H22N2O. The minimum Gasteiger partial charge on any atom is -0.496 e. The van der Waals surface area contributed by atoms with Gasteiger partial charge in [-0.3, -0.25) is 0 Å². The normalized spacial score (nSPS) is 10.1. The molecule has 0 radical (unpaired) electrons. The molecule has 0 aliphatic heterocycles. The molecule has 0 aliphatic rings. The minimum atomic E-state index is 0.874. The van der Waals surface area contributed by atoms with Crippen LogP contribution in [0.15, 0.2) is 91.3 Å². The van der Waals surface area contributed by atoms with Crippen LogP contribution in [-0.2, 0) is 0 Å². The molecule has 130 valence electrons. The molecule has 1 aromatic heterocycles. The summed E-state index contributed by atoms with van der Waals surface area (Å²) in [7, 11) is 1.70. The standard InChI is InChI=1S/C18H19NO.C5H3N/c1-3-4-9-14-19-17-12-7-5-10-15(17)16-11-6-8-13-18(16)20-2;1-2-4-6-5-3-1/h3-14,19H,1-2H3;1-2,4H/b4-3-,14-9-;. The maximum Gasteiger partial charge on any atom is 0.126 e. The Bertz CT molecular complexity index is 800. The lowest BCUT2D eigenvalue weighted by Crippen LogP contribution is -1.93. The molecule has 1 N–H and O–H groups in total. The van der Waals surface area contributed by atoms with Crippen molar-refractivity contribution < 1.29 is 4.74 Å². The van der Waals surface area contributed by atoms with Crippen LogP contribution in [0.3, 0.4) is 0 Å². The van der Waals surface area contributed by atoms with E-state index in [0.717, 1.165) is 22.6 Å². The molecule has 3 aromatic rings. The lowest BCUT2D eigenvalue weighted by Gasteiger charge is -2.12. The number of methoxy groups -OCH3 is 1. The molecule has 0 bridgehead atoms. The van der Waals surface area contributed by atoms with Crippen LogP contribution in [-0.4, -0.2) is 12.1 Å². The molecule has 0 spiro atoms. The van der Waals surface area contributed by atoms with Crippen molar-refractivity contribution in [1.29, 1.82) is 0 Å². The van der Waals surface area contributed by atoms with Gasteiger partial charge in [-0.25, -0.2) is 4.98 Å². The van der Waals surface area contributed by atoms with Gasteiger partial charge in [0, 0.05) is 35.4 Å². The van der Waals surface area contributed by atoms with Gasteiger partial charge in [0.05, 0.1) is 7.11 Å². The van der Waals surface area contributed by atoms with E-state index in [9.17, 15) is 0 Å². The molecule has 3 nitrogen and oxygen atoms in total. The maximum atomic E-state index is 5.44. The van der Waals surface area contributed by atoms with Gasteiger partial charge in [-0.1, -0.05) is 48.6 Å². The van der Waals surface area contributed by atoms with Crippen LogP contribution in [0.5, 0.6) is 5.75 Å². The highest BCUT2D eigenvalue weighted by Crippen LogP contribution is 2.34. The van der Waals surface area contributed by atoms with Crippen molar-refractivity contribution in [3.63, 3.8) is 0 Å². The molecule has 1 heterocycles. The fraction of sp³-hybridized carbons (Fsp3) is 0.0870. The quantitative estimate of drug-likeness (QED) is 0.618. The van der Waals surface area contributed by atoms with Crippen molar-refractivity contribution in [2.75, 3.05) is 12.4 Å². The van der Waals surface area contributed by atoms with Gasteiger partial charge in [0.1, 0.15) is 5.75 Å². The van der Waals surface area contributed by atoms with Crippen LogP contribution in [0.25, 0.3) is 11.1 Å². The monoisotopic (exact) mass is 342 g/mol. The topological polar surface area (TPSA) is 34.1 Å². The summed E-state index contributed by atoms with van der Waals surface area (Å²) < 4.78 is 5.44. The van der Waals surface area contributed by atoms with Crippen molar-refractivity contribution in [3.8, 4) is 16.9 Å². The molecule has 0 aliphatic carbocycles. The first-order chi connectivity index (χ1) is 12.9. The number of ether oxygens (including phenoxy) is 1. The molecule has 0 saturated heterocycles. The van der Waals surface area contributed by atoms with Crippen LogP contribution >= 0.6 is 0 Å². The molecule has 2 aromatic carbocycles. The Kier molecular flexibility index (Phi) is 8.05. The lowest BCUT2D eigenvalue weighted by atomic mass is 10.0. The van der Waals surface area contributed by atoms with Gasteiger partial charge in [0.25, 0.3) is 0 Å². The summed E-state index contributed by atoms with van der Waals surface area (Å²) in [5, 5.41) is 3.31. The Morgan fingerprint density at radius 3 is 2.35 bits per heavy atom. The van der Waals surface area contributed by atoms with E-state index in [1.54, 1.807) is 25.4 Å². The van der Waals surface area contributed by atoms with Crippen LogP contribution in [0.1, 0.15) is 6.92 Å². The molecule has 0 unspecified atom stereocenters. The summed E-state index contributed by atoms with van der Waals surface area (Å²) in [6.07, 6.45) is 12.1. The highest BCUT2D eigenvalue weighted by Gasteiger charge is 2.08. The zero-order valence-corrected chi connectivity index (χ0v) is 15.0.